The van der Waals surface area contributed by atoms with Gasteiger partial charge in [0.15, 0.2) is 0 Å². The molecule has 3 nitrogen and oxygen atoms in total. The first-order valence-electron chi connectivity index (χ1n) is 2.68. The highest BCUT2D eigenvalue weighted by atomic mass is 16.7. The van der Waals surface area contributed by atoms with Gasteiger partial charge in [-0.2, -0.15) is 0 Å². The molecule has 0 aromatic heterocycles. The minimum atomic E-state index is -0.405. The van der Waals surface area contributed by atoms with Gasteiger partial charge in [0.05, 0.1) is 12.7 Å². The zero-order chi connectivity index (χ0) is 5.98. The van der Waals surface area contributed by atoms with E-state index in [1.165, 1.54) is 0 Å². The average Bonchev–Trinajstić information content (AvgIpc) is 2.12. The van der Waals surface area contributed by atoms with Gasteiger partial charge in [0.2, 0.25) is 0 Å². The van der Waals surface area contributed by atoms with E-state index in [9.17, 15) is 0 Å². The second kappa shape index (κ2) is 2.44. The van der Waals surface area contributed by atoms with Crippen molar-refractivity contribution in [1.29, 1.82) is 0 Å². The molecule has 0 aromatic rings. The van der Waals surface area contributed by atoms with E-state index in [1.54, 1.807) is 6.92 Å². The summed E-state index contributed by atoms with van der Waals surface area (Å²) in [6, 6.07) is 0. The summed E-state index contributed by atoms with van der Waals surface area (Å²) in [7, 11) is 0. The summed E-state index contributed by atoms with van der Waals surface area (Å²) in [6.45, 7) is 2.55. The molecule has 3 heteroatoms. The van der Waals surface area contributed by atoms with Crippen LogP contribution in [-0.2, 0) is 9.47 Å². The van der Waals surface area contributed by atoms with E-state index in [2.05, 4.69) is 0 Å². The van der Waals surface area contributed by atoms with Gasteiger partial charge < -0.3 is 14.6 Å². The summed E-state index contributed by atoms with van der Waals surface area (Å²) < 4.78 is 9.78. The van der Waals surface area contributed by atoms with Crippen molar-refractivity contribution in [2.75, 3.05) is 13.4 Å². The van der Waals surface area contributed by atoms with Crippen LogP contribution in [0.3, 0.4) is 0 Å². The summed E-state index contributed by atoms with van der Waals surface area (Å²) in [5.41, 5.74) is 0. The maximum absolute atomic E-state index is 8.85. The molecular weight excluding hydrogens is 108 g/mol. The van der Waals surface area contributed by atoms with Gasteiger partial charge >= 0.3 is 0 Å². The lowest BCUT2D eigenvalue weighted by Gasteiger charge is -2.08. The third-order valence-corrected chi connectivity index (χ3v) is 1.19. The Morgan fingerprint density at radius 2 is 2.50 bits per heavy atom. The zero-order valence-corrected chi connectivity index (χ0v) is 4.83. The van der Waals surface area contributed by atoms with E-state index in [1.807, 2.05) is 0 Å². The topological polar surface area (TPSA) is 38.7 Å². The minimum Gasteiger partial charge on any atom is -0.391 e. The summed E-state index contributed by atoms with van der Waals surface area (Å²) in [5, 5.41) is 8.85. The highest BCUT2D eigenvalue weighted by molar-refractivity contribution is 4.65. The molecule has 1 aliphatic rings. The van der Waals surface area contributed by atoms with E-state index < -0.39 is 6.10 Å². The van der Waals surface area contributed by atoms with Gasteiger partial charge in [-0.15, -0.1) is 0 Å². The number of aliphatic hydroxyl groups excluding tert-OH is 1. The van der Waals surface area contributed by atoms with E-state index in [0.29, 0.717) is 13.4 Å². The van der Waals surface area contributed by atoms with Gasteiger partial charge in [-0.05, 0) is 6.92 Å². The second-order valence-electron chi connectivity index (χ2n) is 1.93. The highest BCUT2D eigenvalue weighted by Gasteiger charge is 2.20. The third-order valence-electron chi connectivity index (χ3n) is 1.19. The van der Waals surface area contributed by atoms with Crippen molar-refractivity contribution in [1.82, 2.24) is 0 Å². The monoisotopic (exact) mass is 118 g/mol. The van der Waals surface area contributed by atoms with Crippen molar-refractivity contribution in [3.05, 3.63) is 0 Å². The summed E-state index contributed by atoms with van der Waals surface area (Å²) in [6.07, 6.45) is -0.507. The van der Waals surface area contributed by atoms with Crippen LogP contribution in [0.15, 0.2) is 0 Å². The van der Waals surface area contributed by atoms with Crippen LogP contribution in [-0.4, -0.2) is 30.7 Å². The van der Waals surface area contributed by atoms with Gasteiger partial charge in [0.25, 0.3) is 0 Å². The molecule has 1 rings (SSSR count). The van der Waals surface area contributed by atoms with Crippen LogP contribution in [0.25, 0.3) is 0 Å². The number of hydrogen-bond acceptors (Lipinski definition) is 3. The SMILES string of the molecule is CC(O)C1COCO1. The molecular formula is C5H10O3. The molecule has 2 atom stereocenters. The molecule has 1 N–H and O–H groups in total. The van der Waals surface area contributed by atoms with Crippen LogP contribution < -0.4 is 0 Å². The fourth-order valence-electron chi connectivity index (χ4n) is 0.626. The molecule has 0 spiro atoms. The molecule has 0 aliphatic carbocycles. The fraction of sp³-hybridized carbons (Fsp3) is 1.00. The standard InChI is InChI=1S/C5H10O3/c1-4(6)5-2-7-3-8-5/h4-6H,2-3H2,1H3. The summed E-state index contributed by atoms with van der Waals surface area (Å²) >= 11 is 0. The number of rotatable bonds is 1. The molecule has 48 valence electrons. The molecule has 0 aromatic carbocycles. The Kier molecular flexibility index (Phi) is 1.83. The first-order chi connectivity index (χ1) is 3.80. The lowest BCUT2D eigenvalue weighted by molar-refractivity contribution is -0.00248. The van der Waals surface area contributed by atoms with Crippen molar-refractivity contribution in [3.63, 3.8) is 0 Å². The van der Waals surface area contributed by atoms with Crippen molar-refractivity contribution in [3.8, 4) is 0 Å². The molecule has 2 unspecified atom stereocenters. The Labute approximate surface area is 48.2 Å². The normalized spacial score (nSPS) is 33.0. The molecule has 0 saturated carbocycles. The predicted octanol–water partition coefficient (Wildman–Crippen LogP) is -0.260. The van der Waals surface area contributed by atoms with Crippen LogP contribution in [0.1, 0.15) is 6.92 Å². The predicted molar refractivity (Wildman–Crippen MR) is 27.4 cm³/mol. The molecule has 0 amide bonds. The maximum atomic E-state index is 8.85. The fourth-order valence-corrected chi connectivity index (χ4v) is 0.626. The van der Waals surface area contributed by atoms with E-state index in [4.69, 9.17) is 14.6 Å². The Bertz CT molecular complexity index is 66.1. The zero-order valence-electron chi connectivity index (χ0n) is 4.83. The third kappa shape index (κ3) is 1.18. The van der Waals surface area contributed by atoms with Crippen LogP contribution >= 0.6 is 0 Å². The summed E-state index contributed by atoms with van der Waals surface area (Å²) in [4.78, 5) is 0. The largest absolute Gasteiger partial charge is 0.391 e. The molecule has 1 heterocycles. The van der Waals surface area contributed by atoms with Crippen molar-refractivity contribution in [2.45, 2.75) is 19.1 Å². The van der Waals surface area contributed by atoms with E-state index in [0.717, 1.165) is 0 Å². The van der Waals surface area contributed by atoms with Gasteiger partial charge in [-0.25, -0.2) is 0 Å². The lowest BCUT2D eigenvalue weighted by atomic mass is 10.2. The van der Waals surface area contributed by atoms with Crippen LogP contribution in [0.4, 0.5) is 0 Å². The second-order valence-corrected chi connectivity index (χ2v) is 1.93. The first kappa shape index (κ1) is 6.01. The van der Waals surface area contributed by atoms with Crippen molar-refractivity contribution >= 4 is 0 Å². The van der Waals surface area contributed by atoms with E-state index in [-0.39, 0.29) is 6.10 Å². The number of aliphatic hydroxyl groups is 1. The lowest BCUT2D eigenvalue weighted by Crippen LogP contribution is -2.24. The minimum absolute atomic E-state index is 0.102. The van der Waals surface area contributed by atoms with Crippen LogP contribution in [0.5, 0.6) is 0 Å². The van der Waals surface area contributed by atoms with Gasteiger partial charge in [-0.1, -0.05) is 0 Å². The molecule has 0 radical (unpaired) electrons. The molecule has 8 heavy (non-hydrogen) atoms. The quantitative estimate of drug-likeness (QED) is 0.515. The smallest absolute Gasteiger partial charge is 0.147 e. The van der Waals surface area contributed by atoms with E-state index >= 15 is 0 Å². The van der Waals surface area contributed by atoms with Gasteiger partial charge in [0, 0.05) is 0 Å². The van der Waals surface area contributed by atoms with Gasteiger partial charge in [0.1, 0.15) is 12.9 Å². The number of ether oxygens (including phenoxy) is 2. The Morgan fingerprint density at radius 1 is 1.75 bits per heavy atom. The summed E-state index contributed by atoms with van der Waals surface area (Å²) in [5.74, 6) is 0. The maximum Gasteiger partial charge on any atom is 0.147 e. The number of hydrogen-bond donors (Lipinski definition) is 1. The van der Waals surface area contributed by atoms with Crippen molar-refractivity contribution < 1.29 is 14.6 Å². The Balaban J connectivity index is 2.24. The average molecular weight is 118 g/mol. The molecule has 0 bridgehead atoms. The Morgan fingerprint density at radius 3 is 2.75 bits per heavy atom. The van der Waals surface area contributed by atoms with Gasteiger partial charge in [-0.3, -0.25) is 0 Å². The Hall–Kier alpha value is -0.120. The molecule has 1 saturated heterocycles. The van der Waals surface area contributed by atoms with Crippen LogP contribution in [0.2, 0.25) is 0 Å². The molecule has 1 aliphatic heterocycles. The highest BCUT2D eigenvalue weighted by Crippen LogP contribution is 2.06. The van der Waals surface area contributed by atoms with Crippen LogP contribution in [0, 0.1) is 0 Å². The molecule has 1 fully saturated rings. The van der Waals surface area contributed by atoms with Crippen molar-refractivity contribution in [2.24, 2.45) is 0 Å². The first-order valence-corrected chi connectivity index (χ1v) is 2.68.